The molecule has 80 valence electrons. The quantitative estimate of drug-likeness (QED) is 0.665. The predicted octanol–water partition coefficient (Wildman–Crippen LogP) is 2.71. The van der Waals surface area contributed by atoms with E-state index in [0.717, 1.165) is 16.8 Å². The molecule has 0 aliphatic rings. The first-order valence-corrected chi connectivity index (χ1v) is 4.99. The van der Waals surface area contributed by atoms with E-state index in [0.29, 0.717) is 5.39 Å². The molecule has 2 heterocycles. The van der Waals surface area contributed by atoms with E-state index in [1.807, 2.05) is 11.6 Å². The van der Waals surface area contributed by atoms with E-state index in [4.69, 9.17) is 0 Å². The Kier molecular flexibility index (Phi) is 1.83. The Morgan fingerprint density at radius 3 is 2.94 bits per heavy atom. The maximum atomic E-state index is 13.5. The number of benzene rings is 1. The van der Waals surface area contributed by atoms with Crippen LogP contribution in [0.5, 0.6) is 0 Å². The highest BCUT2D eigenvalue weighted by atomic mass is 19.1. The minimum atomic E-state index is -0.206. The molecular weight excluding hydrogens is 205 g/mol. The van der Waals surface area contributed by atoms with E-state index in [9.17, 15) is 4.39 Å². The Labute approximate surface area is 91.5 Å². The minimum Gasteiger partial charge on any atom is -0.361 e. The second-order valence-corrected chi connectivity index (χ2v) is 3.75. The van der Waals surface area contributed by atoms with Gasteiger partial charge in [-0.05, 0) is 18.2 Å². The molecule has 0 fully saturated rings. The van der Waals surface area contributed by atoms with E-state index < -0.39 is 0 Å². The summed E-state index contributed by atoms with van der Waals surface area (Å²) in [7, 11) is 1.92. The third kappa shape index (κ3) is 1.16. The zero-order chi connectivity index (χ0) is 11.1. The van der Waals surface area contributed by atoms with Crippen LogP contribution in [0.25, 0.3) is 22.2 Å². The Bertz CT molecular complexity index is 651. The molecule has 16 heavy (non-hydrogen) atoms. The Morgan fingerprint density at radius 1 is 1.31 bits per heavy atom. The molecule has 3 nitrogen and oxygen atoms in total. The molecule has 0 unspecified atom stereocenters. The number of imidazole rings is 1. The summed E-state index contributed by atoms with van der Waals surface area (Å²) < 4.78 is 15.4. The minimum absolute atomic E-state index is 0.206. The Hall–Kier alpha value is -2.10. The summed E-state index contributed by atoms with van der Waals surface area (Å²) in [4.78, 5) is 7.13. The van der Waals surface area contributed by atoms with Gasteiger partial charge in [-0.3, -0.25) is 0 Å². The number of rotatable bonds is 1. The number of fused-ring (bicyclic) bond motifs is 1. The summed E-state index contributed by atoms with van der Waals surface area (Å²) in [5.74, 6) is -0.206. The fraction of sp³-hybridized carbons (Fsp3) is 0.0833. The first-order valence-electron chi connectivity index (χ1n) is 4.99. The molecule has 0 bridgehead atoms. The van der Waals surface area contributed by atoms with Crippen molar-refractivity contribution in [2.75, 3.05) is 0 Å². The molecule has 0 amide bonds. The Morgan fingerprint density at radius 2 is 2.19 bits per heavy atom. The molecule has 3 aromatic rings. The van der Waals surface area contributed by atoms with Gasteiger partial charge in [-0.2, -0.15) is 0 Å². The van der Waals surface area contributed by atoms with Gasteiger partial charge in [0.05, 0.1) is 23.7 Å². The van der Waals surface area contributed by atoms with Gasteiger partial charge in [-0.25, -0.2) is 9.37 Å². The first-order chi connectivity index (χ1) is 7.77. The molecule has 0 saturated carbocycles. The summed E-state index contributed by atoms with van der Waals surface area (Å²) in [5, 5.41) is 0.610. The third-order valence-electron chi connectivity index (χ3n) is 2.76. The smallest absolute Gasteiger partial charge is 0.132 e. The van der Waals surface area contributed by atoms with Gasteiger partial charge in [0.25, 0.3) is 0 Å². The highest BCUT2D eigenvalue weighted by molar-refractivity contribution is 5.93. The van der Waals surface area contributed by atoms with E-state index in [1.165, 1.54) is 6.07 Å². The van der Waals surface area contributed by atoms with Crippen LogP contribution >= 0.6 is 0 Å². The molecule has 0 spiro atoms. The number of halogens is 1. The van der Waals surface area contributed by atoms with Gasteiger partial charge in [0, 0.05) is 24.2 Å². The van der Waals surface area contributed by atoms with E-state index in [1.54, 1.807) is 30.9 Å². The predicted molar refractivity (Wildman–Crippen MR) is 60.5 cm³/mol. The molecule has 3 rings (SSSR count). The van der Waals surface area contributed by atoms with Gasteiger partial charge >= 0.3 is 0 Å². The van der Waals surface area contributed by atoms with E-state index in [2.05, 4.69) is 9.97 Å². The normalized spacial score (nSPS) is 11.1. The number of aromatic nitrogens is 3. The summed E-state index contributed by atoms with van der Waals surface area (Å²) in [5.41, 5.74) is 2.73. The molecule has 1 aromatic carbocycles. The van der Waals surface area contributed by atoms with Crippen LogP contribution in [0, 0.1) is 5.82 Å². The lowest BCUT2D eigenvalue weighted by Crippen LogP contribution is -1.91. The van der Waals surface area contributed by atoms with Crippen molar-refractivity contribution in [1.82, 2.24) is 14.5 Å². The average molecular weight is 215 g/mol. The van der Waals surface area contributed by atoms with Crippen LogP contribution in [0.15, 0.2) is 36.9 Å². The van der Waals surface area contributed by atoms with Crippen LogP contribution in [-0.4, -0.2) is 14.5 Å². The fourth-order valence-electron chi connectivity index (χ4n) is 1.95. The molecule has 0 aliphatic carbocycles. The second-order valence-electron chi connectivity index (χ2n) is 3.75. The number of aryl methyl sites for hydroxylation is 1. The number of hydrogen-bond acceptors (Lipinski definition) is 1. The van der Waals surface area contributed by atoms with Crippen molar-refractivity contribution in [2.45, 2.75) is 0 Å². The Balaban J connectivity index is 2.37. The van der Waals surface area contributed by atoms with Crippen molar-refractivity contribution in [1.29, 1.82) is 0 Å². The van der Waals surface area contributed by atoms with Crippen LogP contribution in [0.4, 0.5) is 4.39 Å². The largest absolute Gasteiger partial charge is 0.361 e. The molecule has 4 heteroatoms. The SMILES string of the molecule is Cn1cncc1-c1ccc(F)c2cc[nH]c12. The summed E-state index contributed by atoms with van der Waals surface area (Å²) in [6, 6.07) is 4.99. The van der Waals surface area contributed by atoms with Gasteiger partial charge in [0.15, 0.2) is 0 Å². The topological polar surface area (TPSA) is 33.6 Å². The van der Waals surface area contributed by atoms with Crippen molar-refractivity contribution in [3.8, 4) is 11.3 Å². The van der Waals surface area contributed by atoms with Gasteiger partial charge in [0.2, 0.25) is 0 Å². The van der Waals surface area contributed by atoms with Crippen molar-refractivity contribution < 1.29 is 4.39 Å². The van der Waals surface area contributed by atoms with Crippen LogP contribution < -0.4 is 0 Å². The fourth-order valence-corrected chi connectivity index (χ4v) is 1.95. The van der Waals surface area contributed by atoms with Crippen LogP contribution in [-0.2, 0) is 7.05 Å². The van der Waals surface area contributed by atoms with E-state index in [-0.39, 0.29) is 5.82 Å². The summed E-state index contributed by atoms with van der Waals surface area (Å²) in [6.45, 7) is 0. The zero-order valence-corrected chi connectivity index (χ0v) is 8.74. The number of nitrogens with zero attached hydrogens (tertiary/aromatic N) is 2. The standard InChI is InChI=1S/C12H10FN3/c1-16-7-14-6-11(16)9-2-3-10(13)8-4-5-15-12(8)9/h2-7,15H,1H3. The summed E-state index contributed by atoms with van der Waals surface area (Å²) in [6.07, 6.45) is 5.24. The monoisotopic (exact) mass is 215 g/mol. The highest BCUT2D eigenvalue weighted by Gasteiger charge is 2.10. The number of aromatic amines is 1. The van der Waals surface area contributed by atoms with Crippen LogP contribution in [0.1, 0.15) is 0 Å². The maximum Gasteiger partial charge on any atom is 0.132 e. The van der Waals surface area contributed by atoms with Gasteiger partial charge in [0.1, 0.15) is 5.82 Å². The molecule has 2 aromatic heterocycles. The lowest BCUT2D eigenvalue weighted by molar-refractivity contribution is 0.640. The van der Waals surface area contributed by atoms with Crippen molar-refractivity contribution in [3.63, 3.8) is 0 Å². The van der Waals surface area contributed by atoms with Crippen LogP contribution in [0.2, 0.25) is 0 Å². The van der Waals surface area contributed by atoms with Crippen molar-refractivity contribution in [2.24, 2.45) is 7.05 Å². The first kappa shape index (κ1) is 9.15. The number of nitrogens with one attached hydrogen (secondary N) is 1. The molecule has 0 radical (unpaired) electrons. The number of H-pyrrole nitrogens is 1. The molecule has 0 saturated heterocycles. The molecular formula is C12H10FN3. The molecule has 1 N–H and O–H groups in total. The van der Waals surface area contributed by atoms with Gasteiger partial charge < -0.3 is 9.55 Å². The second kappa shape index (κ2) is 3.20. The number of hydrogen-bond donors (Lipinski definition) is 1. The lowest BCUT2D eigenvalue weighted by atomic mass is 10.1. The van der Waals surface area contributed by atoms with Crippen LogP contribution in [0.3, 0.4) is 0 Å². The highest BCUT2D eigenvalue weighted by Crippen LogP contribution is 2.28. The average Bonchev–Trinajstić information content (AvgIpc) is 2.88. The summed E-state index contributed by atoms with van der Waals surface area (Å²) >= 11 is 0. The molecule has 0 atom stereocenters. The van der Waals surface area contributed by atoms with E-state index >= 15 is 0 Å². The van der Waals surface area contributed by atoms with Crippen molar-refractivity contribution >= 4 is 10.9 Å². The van der Waals surface area contributed by atoms with Gasteiger partial charge in [-0.1, -0.05) is 0 Å². The maximum absolute atomic E-state index is 13.5. The van der Waals surface area contributed by atoms with Gasteiger partial charge in [-0.15, -0.1) is 0 Å². The third-order valence-corrected chi connectivity index (χ3v) is 2.76. The molecule has 0 aliphatic heterocycles. The van der Waals surface area contributed by atoms with Crippen molar-refractivity contribution in [3.05, 3.63) is 42.7 Å². The lowest BCUT2D eigenvalue weighted by Gasteiger charge is -2.04. The zero-order valence-electron chi connectivity index (χ0n) is 8.74.